The van der Waals surface area contributed by atoms with Crippen molar-refractivity contribution in [3.05, 3.63) is 16.9 Å². The first-order valence-electron chi connectivity index (χ1n) is 5.13. The first-order valence-corrected chi connectivity index (χ1v) is 5.51. The normalized spacial score (nSPS) is 11.6. The van der Waals surface area contributed by atoms with Crippen molar-refractivity contribution >= 4 is 28.7 Å². The second-order valence-corrected chi connectivity index (χ2v) is 4.03. The topological polar surface area (TPSA) is 73.3 Å². The van der Waals surface area contributed by atoms with Gasteiger partial charge in [-0.3, -0.25) is 0 Å². The predicted molar refractivity (Wildman–Crippen MR) is 65.6 cm³/mol. The number of rotatable bonds is 5. The second kappa shape index (κ2) is 6.16. The number of nitrogens with two attached hydrogens (primary N) is 2. The summed E-state index contributed by atoms with van der Waals surface area (Å²) in [5.41, 5.74) is 10.8. The molecule has 0 saturated carbocycles. The summed E-state index contributed by atoms with van der Waals surface area (Å²) in [4.78, 5) is 0. The molecule has 0 bridgehead atoms. The van der Waals surface area contributed by atoms with E-state index in [1.165, 1.54) is 6.07 Å². The predicted octanol–water partition coefficient (Wildman–Crippen LogP) is 2.63. The summed E-state index contributed by atoms with van der Waals surface area (Å²) in [6.45, 7) is -1.69. The number of hydrogen-bond donors (Lipinski definition) is 3. The van der Waals surface area contributed by atoms with Crippen LogP contribution >= 0.6 is 11.6 Å². The summed E-state index contributed by atoms with van der Waals surface area (Å²) >= 11 is 5.58. The van der Waals surface area contributed by atoms with Crippen LogP contribution in [0.5, 0.6) is 0 Å². The minimum Gasteiger partial charge on any atom is -0.397 e. The van der Waals surface area contributed by atoms with Gasteiger partial charge in [-0.25, -0.2) is 4.39 Å². The molecule has 108 valence electrons. The molecule has 0 fully saturated rings. The van der Waals surface area contributed by atoms with Crippen LogP contribution in [-0.2, 0) is 4.74 Å². The largest absolute Gasteiger partial charge is 0.411 e. The molecule has 0 saturated heterocycles. The van der Waals surface area contributed by atoms with Gasteiger partial charge >= 0.3 is 6.18 Å². The van der Waals surface area contributed by atoms with Crippen molar-refractivity contribution in [1.29, 1.82) is 0 Å². The molecule has 0 aromatic heterocycles. The van der Waals surface area contributed by atoms with E-state index in [9.17, 15) is 17.6 Å². The molecule has 0 aliphatic heterocycles. The minimum atomic E-state index is -4.39. The number of nitrogens with one attached hydrogen (secondary N) is 1. The maximum absolute atomic E-state index is 13.6. The van der Waals surface area contributed by atoms with Gasteiger partial charge in [-0.1, -0.05) is 11.6 Å². The Morgan fingerprint density at radius 3 is 2.47 bits per heavy atom. The highest BCUT2D eigenvalue weighted by molar-refractivity contribution is 6.33. The molecule has 9 heteroatoms. The van der Waals surface area contributed by atoms with Crippen molar-refractivity contribution in [2.75, 3.05) is 36.5 Å². The molecular formula is C10H12ClF4N3O. The average Bonchev–Trinajstić information content (AvgIpc) is 2.28. The van der Waals surface area contributed by atoms with Gasteiger partial charge in [-0.15, -0.1) is 0 Å². The standard InChI is InChI=1S/C10H12ClF4N3O/c11-7-5(16)3-6(17)9(8(7)12)18-1-2-19-4-10(13,14)15/h3,18H,1-2,4,16-17H2. The van der Waals surface area contributed by atoms with Crippen LogP contribution < -0.4 is 16.8 Å². The van der Waals surface area contributed by atoms with Crippen molar-refractivity contribution in [3.63, 3.8) is 0 Å². The van der Waals surface area contributed by atoms with E-state index in [-0.39, 0.29) is 35.2 Å². The van der Waals surface area contributed by atoms with Gasteiger partial charge in [0.05, 0.1) is 23.7 Å². The van der Waals surface area contributed by atoms with E-state index in [0.717, 1.165) is 0 Å². The molecule has 0 atom stereocenters. The average molecular weight is 302 g/mol. The van der Waals surface area contributed by atoms with Gasteiger partial charge in [0.2, 0.25) is 0 Å². The molecule has 0 unspecified atom stereocenters. The minimum absolute atomic E-state index is 0.00946. The van der Waals surface area contributed by atoms with Gasteiger partial charge in [0.25, 0.3) is 0 Å². The Morgan fingerprint density at radius 1 is 1.26 bits per heavy atom. The summed E-state index contributed by atoms with van der Waals surface area (Å²) in [6, 6.07) is 1.25. The van der Waals surface area contributed by atoms with Crippen LogP contribution in [0.25, 0.3) is 0 Å². The fraction of sp³-hybridized carbons (Fsp3) is 0.400. The number of benzene rings is 1. The molecular weight excluding hydrogens is 290 g/mol. The lowest BCUT2D eigenvalue weighted by Gasteiger charge is -2.13. The van der Waals surface area contributed by atoms with Crippen molar-refractivity contribution in [1.82, 2.24) is 0 Å². The zero-order valence-corrected chi connectivity index (χ0v) is 10.4. The molecule has 4 nitrogen and oxygen atoms in total. The van der Waals surface area contributed by atoms with E-state index in [1.54, 1.807) is 0 Å². The molecule has 0 aliphatic rings. The maximum atomic E-state index is 13.6. The second-order valence-electron chi connectivity index (χ2n) is 3.65. The molecule has 0 aliphatic carbocycles. The van der Waals surface area contributed by atoms with Gasteiger partial charge in [-0.05, 0) is 6.07 Å². The third-order valence-electron chi connectivity index (χ3n) is 2.08. The van der Waals surface area contributed by atoms with Gasteiger partial charge in [0.15, 0.2) is 5.82 Å². The Kier molecular flexibility index (Phi) is 5.07. The summed E-state index contributed by atoms with van der Waals surface area (Å²) in [5, 5.41) is 2.20. The number of hydrogen-bond acceptors (Lipinski definition) is 4. The molecule has 19 heavy (non-hydrogen) atoms. The molecule has 1 rings (SSSR count). The van der Waals surface area contributed by atoms with E-state index < -0.39 is 18.6 Å². The van der Waals surface area contributed by atoms with Gasteiger partial charge in [-0.2, -0.15) is 13.2 Å². The summed E-state index contributed by atoms with van der Waals surface area (Å²) in [5.74, 6) is -0.852. The van der Waals surface area contributed by atoms with E-state index >= 15 is 0 Å². The molecule has 0 radical (unpaired) electrons. The Labute approximate surface area is 111 Å². The zero-order valence-electron chi connectivity index (χ0n) is 9.65. The molecule has 1 aromatic rings. The zero-order chi connectivity index (χ0) is 14.6. The monoisotopic (exact) mass is 301 g/mol. The van der Waals surface area contributed by atoms with Crippen molar-refractivity contribution < 1.29 is 22.3 Å². The summed E-state index contributed by atoms with van der Waals surface area (Å²) in [7, 11) is 0. The number of ether oxygens (including phenoxy) is 1. The summed E-state index contributed by atoms with van der Waals surface area (Å²) in [6.07, 6.45) is -4.39. The van der Waals surface area contributed by atoms with Crippen molar-refractivity contribution in [2.45, 2.75) is 6.18 Å². The Balaban J connectivity index is 2.53. The van der Waals surface area contributed by atoms with Crippen LogP contribution in [0.1, 0.15) is 0 Å². The number of anilines is 3. The molecule has 0 heterocycles. The van der Waals surface area contributed by atoms with Gasteiger partial charge < -0.3 is 21.5 Å². The fourth-order valence-corrected chi connectivity index (χ4v) is 1.43. The van der Waals surface area contributed by atoms with Crippen molar-refractivity contribution in [3.8, 4) is 0 Å². The van der Waals surface area contributed by atoms with Crippen LogP contribution in [0.4, 0.5) is 34.6 Å². The Hall–Kier alpha value is -1.41. The Bertz CT molecular complexity index is 453. The van der Waals surface area contributed by atoms with E-state index in [2.05, 4.69) is 10.1 Å². The smallest absolute Gasteiger partial charge is 0.397 e. The van der Waals surface area contributed by atoms with E-state index in [0.29, 0.717) is 0 Å². The quantitative estimate of drug-likeness (QED) is 0.444. The van der Waals surface area contributed by atoms with Crippen molar-refractivity contribution in [2.24, 2.45) is 0 Å². The summed E-state index contributed by atoms with van der Waals surface area (Å²) < 4.78 is 53.3. The first-order chi connectivity index (χ1) is 8.72. The lowest BCUT2D eigenvalue weighted by atomic mass is 10.2. The highest BCUT2D eigenvalue weighted by Crippen LogP contribution is 2.33. The van der Waals surface area contributed by atoms with E-state index in [4.69, 9.17) is 23.1 Å². The molecule has 0 amide bonds. The van der Waals surface area contributed by atoms with E-state index in [1.807, 2.05) is 0 Å². The molecule has 1 aromatic carbocycles. The number of alkyl halides is 3. The van der Waals surface area contributed by atoms with Gasteiger partial charge in [0, 0.05) is 6.54 Å². The number of nitrogen functional groups attached to an aromatic ring is 2. The molecule has 5 N–H and O–H groups in total. The van der Waals surface area contributed by atoms with Crippen LogP contribution in [-0.4, -0.2) is 25.9 Å². The van der Waals surface area contributed by atoms with Gasteiger partial charge in [0.1, 0.15) is 11.6 Å². The highest BCUT2D eigenvalue weighted by atomic mass is 35.5. The lowest BCUT2D eigenvalue weighted by molar-refractivity contribution is -0.172. The number of halogens is 5. The Morgan fingerprint density at radius 2 is 1.89 bits per heavy atom. The SMILES string of the molecule is Nc1cc(N)c(NCCOCC(F)(F)F)c(F)c1Cl. The maximum Gasteiger partial charge on any atom is 0.411 e. The fourth-order valence-electron chi connectivity index (χ4n) is 1.28. The van der Waals surface area contributed by atoms with Crippen LogP contribution in [0.2, 0.25) is 5.02 Å². The third-order valence-corrected chi connectivity index (χ3v) is 2.46. The third kappa shape index (κ3) is 4.64. The van der Waals surface area contributed by atoms with Crippen LogP contribution in [0.3, 0.4) is 0 Å². The van der Waals surface area contributed by atoms with Crippen LogP contribution in [0.15, 0.2) is 6.07 Å². The first kappa shape index (κ1) is 15.6. The highest BCUT2D eigenvalue weighted by Gasteiger charge is 2.27. The molecule has 0 spiro atoms. The van der Waals surface area contributed by atoms with Crippen LogP contribution in [0, 0.1) is 5.82 Å². The lowest BCUT2D eigenvalue weighted by Crippen LogP contribution is -2.20.